The zero-order valence-electron chi connectivity index (χ0n) is 35.3. The molecule has 0 fully saturated rings. The highest BCUT2D eigenvalue weighted by Gasteiger charge is 2.45. The Hall–Kier alpha value is -4.67. The molecular formula is C43H51N2O14S4+. The summed E-state index contributed by atoms with van der Waals surface area (Å²) in [5.41, 5.74) is 4.54. The van der Waals surface area contributed by atoms with E-state index in [2.05, 4.69) is 0 Å². The molecule has 20 heteroatoms. The number of aryl methyl sites for hydroxylation is 1. The Morgan fingerprint density at radius 3 is 1.87 bits per heavy atom. The largest absolute Gasteiger partial charge is 0.457 e. The second-order valence-electron chi connectivity index (χ2n) is 16.7. The molecule has 6 rings (SSSR count). The summed E-state index contributed by atoms with van der Waals surface area (Å²) in [6.07, 6.45) is 8.22. The van der Waals surface area contributed by atoms with Gasteiger partial charge >= 0.3 is 0 Å². The van der Waals surface area contributed by atoms with Crippen molar-refractivity contribution in [3.05, 3.63) is 124 Å². The van der Waals surface area contributed by atoms with Crippen LogP contribution in [-0.2, 0) is 60.8 Å². The van der Waals surface area contributed by atoms with Gasteiger partial charge in [0.2, 0.25) is 12.5 Å². The molecule has 4 N–H and O–H groups in total. The molecule has 3 heterocycles. The second-order valence-corrected chi connectivity index (χ2v) is 22.6. The van der Waals surface area contributed by atoms with Gasteiger partial charge in [0.1, 0.15) is 18.1 Å². The molecule has 3 aromatic carbocycles. The number of nitrogens with zero attached hydrogens (tertiary/aromatic N) is 2. The first-order valence-electron chi connectivity index (χ1n) is 19.9. The lowest BCUT2D eigenvalue weighted by molar-refractivity contribution is -0.438. The van der Waals surface area contributed by atoms with Crippen LogP contribution in [-0.4, -0.2) is 93.6 Å². The summed E-state index contributed by atoms with van der Waals surface area (Å²) in [6, 6.07) is 16.3. The van der Waals surface area contributed by atoms with Crippen LogP contribution in [0.15, 0.2) is 112 Å². The molecule has 0 spiro atoms. The van der Waals surface area contributed by atoms with E-state index in [1.165, 1.54) is 24.3 Å². The molecule has 340 valence electrons. The Labute approximate surface area is 369 Å². The fourth-order valence-electron chi connectivity index (χ4n) is 8.22. The number of anilines is 1. The predicted octanol–water partition coefficient (Wildman–Crippen LogP) is 6.74. The number of ether oxygens (including phenoxy) is 2. The fraction of sp³-hybridized carbons (Fsp3) is 0.372. The van der Waals surface area contributed by atoms with E-state index < -0.39 is 62.8 Å². The average Bonchev–Trinajstić information content (AvgIpc) is 3.52. The van der Waals surface area contributed by atoms with Gasteiger partial charge in [0.05, 0.1) is 32.3 Å². The van der Waals surface area contributed by atoms with Crippen molar-refractivity contribution in [1.29, 1.82) is 0 Å². The van der Waals surface area contributed by atoms with E-state index in [1.54, 1.807) is 24.3 Å². The highest BCUT2D eigenvalue weighted by atomic mass is 32.2. The van der Waals surface area contributed by atoms with Crippen molar-refractivity contribution < 1.29 is 65.9 Å². The van der Waals surface area contributed by atoms with Gasteiger partial charge in [-0.05, 0) is 99.7 Å². The molecule has 63 heavy (non-hydrogen) atoms. The highest BCUT2D eigenvalue weighted by molar-refractivity contribution is 7.86. The van der Waals surface area contributed by atoms with Crippen LogP contribution in [0.1, 0.15) is 75.6 Å². The maximum absolute atomic E-state index is 12.2. The van der Waals surface area contributed by atoms with Gasteiger partial charge in [-0.25, -0.2) is 0 Å². The summed E-state index contributed by atoms with van der Waals surface area (Å²) < 4.78 is 148. The van der Waals surface area contributed by atoms with E-state index in [9.17, 15) is 51.9 Å². The summed E-state index contributed by atoms with van der Waals surface area (Å²) in [4.78, 5) is 1.38. The third kappa shape index (κ3) is 10.8. The molecule has 0 saturated heterocycles. The van der Waals surface area contributed by atoms with E-state index in [4.69, 9.17) is 9.47 Å². The second kappa shape index (κ2) is 17.7. The minimum Gasteiger partial charge on any atom is -0.457 e. The lowest BCUT2D eigenvalue weighted by Crippen LogP contribution is -2.28. The summed E-state index contributed by atoms with van der Waals surface area (Å²) in [5.74, 6) is -0.0480. The van der Waals surface area contributed by atoms with Gasteiger partial charge in [-0.15, -0.1) is 0 Å². The van der Waals surface area contributed by atoms with Crippen LogP contribution in [0.25, 0.3) is 5.57 Å². The fourth-order valence-corrected chi connectivity index (χ4v) is 10.4. The van der Waals surface area contributed by atoms with Gasteiger partial charge in [-0.2, -0.15) is 38.2 Å². The third-order valence-corrected chi connectivity index (χ3v) is 14.7. The lowest BCUT2D eigenvalue weighted by Gasteiger charge is -2.28. The zero-order chi connectivity index (χ0) is 46.3. The summed E-state index contributed by atoms with van der Waals surface area (Å²) in [7, 11) is -17.5. The molecule has 0 aliphatic carbocycles. The Morgan fingerprint density at radius 1 is 0.683 bits per heavy atom. The molecule has 0 unspecified atom stereocenters. The number of unbranched alkanes of at least 4 members (excludes halogenated alkanes) is 2. The van der Waals surface area contributed by atoms with Crippen LogP contribution in [0.5, 0.6) is 0 Å². The van der Waals surface area contributed by atoms with Gasteiger partial charge in [-0.1, -0.05) is 43.7 Å². The number of benzene rings is 3. The van der Waals surface area contributed by atoms with E-state index in [1.807, 2.05) is 80.5 Å². The monoisotopic (exact) mass is 947 g/mol. The van der Waals surface area contributed by atoms with E-state index >= 15 is 0 Å². The van der Waals surface area contributed by atoms with Crippen molar-refractivity contribution >= 4 is 63.1 Å². The molecule has 3 aliphatic heterocycles. The van der Waals surface area contributed by atoms with Crippen LogP contribution < -0.4 is 4.90 Å². The Bertz CT molecular complexity index is 2930. The molecule has 0 aromatic heterocycles. The average molecular weight is 948 g/mol. The quantitative estimate of drug-likeness (QED) is 0.0660. The van der Waals surface area contributed by atoms with Crippen LogP contribution in [0.3, 0.4) is 0 Å². The number of hydrogen-bond acceptors (Lipinski definition) is 11. The summed E-state index contributed by atoms with van der Waals surface area (Å²) >= 11 is 0. The van der Waals surface area contributed by atoms with Gasteiger partial charge < -0.3 is 14.4 Å². The first-order chi connectivity index (χ1) is 29.2. The van der Waals surface area contributed by atoms with Gasteiger partial charge in [-0.3, -0.25) is 18.2 Å². The smallest absolute Gasteiger partial charge is 0.294 e. The number of rotatable bonds is 16. The van der Waals surface area contributed by atoms with Gasteiger partial charge in [0.15, 0.2) is 5.71 Å². The molecular weight excluding hydrogens is 897 g/mol. The number of allylic oxidation sites excluding steroid dienone is 6. The molecule has 3 aromatic rings. The number of fused-ring (bicyclic) bond motifs is 2. The van der Waals surface area contributed by atoms with Crippen molar-refractivity contribution in [2.75, 3.05) is 36.3 Å². The molecule has 16 nitrogen and oxygen atoms in total. The van der Waals surface area contributed by atoms with Crippen LogP contribution in [0, 0.1) is 6.92 Å². The van der Waals surface area contributed by atoms with Crippen molar-refractivity contribution in [3.8, 4) is 0 Å². The van der Waals surface area contributed by atoms with Crippen molar-refractivity contribution in [2.24, 2.45) is 0 Å². The summed E-state index contributed by atoms with van der Waals surface area (Å²) in [6.45, 7) is 9.93. The van der Waals surface area contributed by atoms with E-state index in [0.717, 1.165) is 11.1 Å². The van der Waals surface area contributed by atoms with Crippen molar-refractivity contribution in [1.82, 2.24) is 0 Å². The predicted molar refractivity (Wildman–Crippen MR) is 237 cm³/mol. The highest BCUT2D eigenvalue weighted by Crippen LogP contribution is 2.49. The lowest BCUT2D eigenvalue weighted by atomic mass is 9.81. The normalized spacial score (nSPS) is 18.9. The Balaban J connectivity index is 1.47. The molecule has 0 bridgehead atoms. The Morgan fingerprint density at radius 2 is 1.27 bits per heavy atom. The number of hydrogen-bond donors (Lipinski definition) is 4. The van der Waals surface area contributed by atoms with Crippen LogP contribution in [0.4, 0.5) is 11.4 Å². The first-order valence-corrected chi connectivity index (χ1v) is 26.0. The van der Waals surface area contributed by atoms with Crippen molar-refractivity contribution in [2.45, 2.75) is 80.9 Å². The van der Waals surface area contributed by atoms with Gasteiger partial charge in [0.25, 0.3) is 40.5 Å². The third-order valence-electron chi connectivity index (χ3n) is 11.4. The SMILES string of the molecule is Cc1ccc(C2=C(/C=C/C3=[N+](CCCCS(=O)(=O)O)c4ccc(S(=O)(=O)O)cc4C3(C)C)OCO/C2=C\C=C2\N(CCCCS(=O)(=O)O)c3ccc(S(=O)(=O)O)cc3C2(C)C)cc1. The summed E-state index contributed by atoms with van der Waals surface area (Å²) in [5, 5.41) is 0. The zero-order valence-corrected chi connectivity index (χ0v) is 38.6. The Kier molecular flexibility index (Phi) is 13.4. The molecule has 0 atom stereocenters. The molecule has 3 aliphatic rings. The molecule has 0 saturated carbocycles. The maximum atomic E-state index is 12.2. The maximum Gasteiger partial charge on any atom is 0.294 e. The van der Waals surface area contributed by atoms with E-state index in [0.29, 0.717) is 76.9 Å². The van der Waals surface area contributed by atoms with Crippen LogP contribution >= 0.6 is 0 Å². The first kappa shape index (κ1) is 47.8. The minimum atomic E-state index is -4.54. The molecule has 0 amide bonds. The topological polar surface area (TPSA) is 242 Å². The van der Waals surface area contributed by atoms with Crippen LogP contribution in [0.2, 0.25) is 0 Å². The molecule has 0 radical (unpaired) electrons. The minimum absolute atomic E-state index is 0.156. The standard InChI is InChI=1S/C43H50N2O14S4/c1-29-10-12-30(13-11-29)41-37(18-20-39-42(2,3)33-26-31(62(52,53)54)14-16-35(33)44(39)22-6-8-24-60(46,47)48)58-28-59-38(41)19-21-40-43(4,5)34-27-32(63(55,56)57)15-17-36(34)45(40)23-7-9-25-61(49,50)51/h10-21,26-27H,6-9,22-25,28H2,1-5H3,(H3-,46,47,48,49,50,51,52,53,54,55,56,57)/p+1. The van der Waals surface area contributed by atoms with Crippen molar-refractivity contribution in [3.63, 3.8) is 0 Å². The van der Waals surface area contributed by atoms with E-state index in [-0.39, 0.29) is 29.4 Å². The van der Waals surface area contributed by atoms with Gasteiger partial charge in [0, 0.05) is 47.5 Å².